The van der Waals surface area contributed by atoms with Crippen LogP contribution >= 0.6 is 0 Å². The molecule has 6 heteroatoms. The maximum atomic E-state index is 14.1. The highest BCUT2D eigenvalue weighted by molar-refractivity contribution is 5.88. The summed E-state index contributed by atoms with van der Waals surface area (Å²) < 4.78 is 19.4. The fourth-order valence-corrected chi connectivity index (χ4v) is 2.31. The maximum Gasteiger partial charge on any atom is 0.410 e. The molecule has 0 spiro atoms. The number of hydrogen-bond donors (Lipinski definition) is 1. The third kappa shape index (κ3) is 4.31. The van der Waals surface area contributed by atoms with Gasteiger partial charge in [-0.2, -0.15) is 0 Å². The van der Waals surface area contributed by atoms with Crippen molar-refractivity contribution in [3.63, 3.8) is 0 Å². The van der Waals surface area contributed by atoms with Crippen LogP contribution in [0.15, 0.2) is 24.3 Å². The number of carbonyl (C=O) groups is 2. The van der Waals surface area contributed by atoms with Crippen molar-refractivity contribution in [2.45, 2.75) is 32.8 Å². The molecule has 0 unspecified atom stereocenters. The molecule has 23 heavy (non-hydrogen) atoms. The highest BCUT2D eigenvalue weighted by atomic mass is 19.1. The number of hydrogen-bond acceptors (Lipinski definition) is 3. The van der Waals surface area contributed by atoms with Crippen LogP contribution in [-0.2, 0) is 4.74 Å². The zero-order valence-electron chi connectivity index (χ0n) is 13.4. The van der Waals surface area contributed by atoms with Crippen molar-refractivity contribution < 1.29 is 23.8 Å². The molecule has 0 aromatic heterocycles. The Bertz CT molecular complexity index is 661. The molecule has 1 amide bonds. The molecule has 0 saturated carbocycles. The quantitative estimate of drug-likeness (QED) is 0.904. The van der Waals surface area contributed by atoms with Gasteiger partial charge in [-0.1, -0.05) is 12.1 Å². The summed E-state index contributed by atoms with van der Waals surface area (Å²) in [6.07, 6.45) is 1.86. The first-order valence-electron chi connectivity index (χ1n) is 7.37. The number of rotatable bonds is 2. The molecule has 0 saturated heterocycles. The van der Waals surface area contributed by atoms with Crippen LogP contribution in [0.1, 0.15) is 43.1 Å². The topological polar surface area (TPSA) is 66.8 Å². The van der Waals surface area contributed by atoms with Gasteiger partial charge in [-0.3, -0.25) is 0 Å². The van der Waals surface area contributed by atoms with Crippen LogP contribution in [0, 0.1) is 5.82 Å². The monoisotopic (exact) mass is 321 g/mol. The fourth-order valence-electron chi connectivity index (χ4n) is 2.31. The van der Waals surface area contributed by atoms with Crippen LogP contribution in [-0.4, -0.2) is 40.8 Å². The van der Waals surface area contributed by atoms with Crippen molar-refractivity contribution >= 4 is 17.6 Å². The third-order valence-electron chi connectivity index (χ3n) is 3.42. The summed E-state index contributed by atoms with van der Waals surface area (Å²) >= 11 is 0. The SMILES string of the molecule is CC(C)(C)OC(=O)N1CC=C(c2ccc(C(=O)O)cc2F)CC1. The van der Waals surface area contributed by atoms with E-state index < -0.39 is 23.5 Å². The zero-order valence-corrected chi connectivity index (χ0v) is 13.4. The van der Waals surface area contributed by atoms with E-state index in [-0.39, 0.29) is 5.56 Å². The lowest BCUT2D eigenvalue weighted by molar-refractivity contribution is 0.0270. The van der Waals surface area contributed by atoms with Crippen molar-refractivity contribution in [2.24, 2.45) is 0 Å². The molecule has 0 aliphatic carbocycles. The summed E-state index contributed by atoms with van der Waals surface area (Å²) in [5.74, 6) is -1.73. The van der Waals surface area contributed by atoms with E-state index >= 15 is 0 Å². The first kappa shape index (κ1) is 17.0. The first-order chi connectivity index (χ1) is 10.7. The van der Waals surface area contributed by atoms with E-state index in [0.29, 0.717) is 25.1 Å². The van der Waals surface area contributed by atoms with Gasteiger partial charge in [0.1, 0.15) is 11.4 Å². The molecule has 0 fully saturated rings. The van der Waals surface area contributed by atoms with E-state index in [1.807, 2.05) is 0 Å². The van der Waals surface area contributed by atoms with E-state index in [4.69, 9.17) is 9.84 Å². The van der Waals surface area contributed by atoms with Gasteiger partial charge in [0, 0.05) is 18.7 Å². The molecule has 2 rings (SSSR count). The summed E-state index contributed by atoms with van der Waals surface area (Å²) in [5.41, 5.74) is 0.496. The number of ether oxygens (including phenoxy) is 1. The minimum Gasteiger partial charge on any atom is -0.478 e. The van der Waals surface area contributed by atoms with Gasteiger partial charge < -0.3 is 14.7 Å². The van der Waals surface area contributed by atoms with Gasteiger partial charge in [0.15, 0.2) is 0 Å². The molecule has 1 aliphatic rings. The second kappa shape index (κ2) is 6.40. The number of benzene rings is 1. The van der Waals surface area contributed by atoms with Crippen molar-refractivity contribution in [2.75, 3.05) is 13.1 Å². The molecule has 5 nitrogen and oxygen atoms in total. The van der Waals surface area contributed by atoms with Gasteiger partial charge in [0.25, 0.3) is 0 Å². The van der Waals surface area contributed by atoms with Crippen LogP contribution in [0.5, 0.6) is 0 Å². The van der Waals surface area contributed by atoms with Gasteiger partial charge in [-0.25, -0.2) is 14.0 Å². The summed E-state index contributed by atoms with van der Waals surface area (Å²) in [7, 11) is 0. The Morgan fingerprint density at radius 3 is 2.48 bits per heavy atom. The number of aromatic carboxylic acids is 1. The molecular formula is C17H20FNO4. The van der Waals surface area contributed by atoms with Crippen LogP contribution in [0.25, 0.3) is 5.57 Å². The van der Waals surface area contributed by atoms with E-state index in [1.165, 1.54) is 12.1 Å². The third-order valence-corrected chi connectivity index (χ3v) is 3.42. The summed E-state index contributed by atoms with van der Waals surface area (Å²) in [6.45, 7) is 6.17. The predicted octanol–water partition coefficient (Wildman–Crippen LogP) is 3.55. The highest BCUT2D eigenvalue weighted by Gasteiger charge is 2.24. The Morgan fingerprint density at radius 1 is 1.30 bits per heavy atom. The van der Waals surface area contributed by atoms with Crippen molar-refractivity contribution in [1.82, 2.24) is 4.90 Å². The molecule has 1 aromatic carbocycles. The number of halogens is 1. The number of carboxylic acid groups (broad SMARTS) is 1. The standard InChI is InChI=1S/C17H20FNO4/c1-17(2,3)23-16(22)19-8-6-11(7-9-19)13-5-4-12(15(20)21)10-14(13)18/h4-6,10H,7-9H2,1-3H3,(H,20,21). The largest absolute Gasteiger partial charge is 0.478 e. The number of carbonyl (C=O) groups excluding carboxylic acids is 1. The van der Waals surface area contributed by atoms with Gasteiger partial charge in [0.2, 0.25) is 0 Å². The van der Waals surface area contributed by atoms with Gasteiger partial charge in [-0.15, -0.1) is 0 Å². The summed E-state index contributed by atoms with van der Waals surface area (Å²) in [5, 5.41) is 8.86. The highest BCUT2D eigenvalue weighted by Crippen LogP contribution is 2.26. The molecule has 0 atom stereocenters. The minimum absolute atomic E-state index is 0.0851. The second-order valence-corrected chi connectivity index (χ2v) is 6.41. The van der Waals surface area contributed by atoms with E-state index in [0.717, 1.165) is 11.6 Å². The number of carboxylic acids is 1. The van der Waals surface area contributed by atoms with Crippen molar-refractivity contribution in [3.8, 4) is 0 Å². The minimum atomic E-state index is -1.16. The van der Waals surface area contributed by atoms with Crippen LogP contribution in [0.2, 0.25) is 0 Å². The van der Waals surface area contributed by atoms with Crippen LogP contribution in [0.3, 0.4) is 0 Å². The van der Waals surface area contributed by atoms with Gasteiger partial charge in [-0.05, 0) is 44.9 Å². The molecule has 1 aromatic rings. The van der Waals surface area contributed by atoms with Gasteiger partial charge >= 0.3 is 12.1 Å². The Kier molecular flexibility index (Phi) is 4.73. The molecule has 124 valence electrons. The zero-order chi connectivity index (χ0) is 17.2. The summed E-state index contributed by atoms with van der Waals surface area (Å²) in [4.78, 5) is 24.4. The molecule has 0 bridgehead atoms. The Hall–Kier alpha value is -2.37. The molecule has 1 N–H and O–H groups in total. The molecular weight excluding hydrogens is 301 g/mol. The summed E-state index contributed by atoms with van der Waals surface area (Å²) in [6, 6.07) is 3.86. The van der Waals surface area contributed by atoms with Crippen LogP contribution < -0.4 is 0 Å². The maximum absolute atomic E-state index is 14.1. The Labute approximate surface area is 134 Å². The average Bonchev–Trinajstić information content (AvgIpc) is 2.45. The Morgan fingerprint density at radius 2 is 2.00 bits per heavy atom. The number of nitrogens with zero attached hydrogens (tertiary/aromatic N) is 1. The van der Waals surface area contributed by atoms with Crippen LogP contribution in [0.4, 0.5) is 9.18 Å². The normalized spacial score (nSPS) is 15.1. The lowest BCUT2D eigenvalue weighted by Gasteiger charge is -2.29. The average molecular weight is 321 g/mol. The van der Waals surface area contributed by atoms with E-state index in [9.17, 15) is 14.0 Å². The lowest BCUT2D eigenvalue weighted by atomic mass is 9.98. The second-order valence-electron chi connectivity index (χ2n) is 6.41. The van der Waals surface area contributed by atoms with Gasteiger partial charge in [0.05, 0.1) is 5.56 Å². The van der Waals surface area contributed by atoms with Crippen molar-refractivity contribution in [1.29, 1.82) is 0 Å². The smallest absolute Gasteiger partial charge is 0.410 e. The lowest BCUT2D eigenvalue weighted by Crippen LogP contribution is -2.39. The van der Waals surface area contributed by atoms with E-state index in [2.05, 4.69) is 0 Å². The molecule has 1 aliphatic heterocycles. The van der Waals surface area contributed by atoms with E-state index in [1.54, 1.807) is 31.7 Å². The fraction of sp³-hybridized carbons (Fsp3) is 0.412. The number of amides is 1. The van der Waals surface area contributed by atoms with Crippen molar-refractivity contribution in [3.05, 3.63) is 41.2 Å². The predicted molar refractivity (Wildman–Crippen MR) is 83.8 cm³/mol. The molecule has 0 radical (unpaired) electrons. The first-order valence-corrected chi connectivity index (χ1v) is 7.37. The Balaban J connectivity index is 2.10. The molecule has 1 heterocycles.